The van der Waals surface area contributed by atoms with Crippen LogP contribution in [0.3, 0.4) is 0 Å². The molecule has 1 aliphatic heterocycles. The standard InChI is InChI=1S/C14H18BrFN2O2/c15-12-10-11(2-3-13(12)16)14(19)17-4-1-5-18-6-8-20-9-7-18/h2-3,10H,1,4-9H2,(H,17,19). The summed E-state index contributed by atoms with van der Waals surface area (Å²) >= 11 is 3.07. The molecule has 6 heteroatoms. The number of morpholine rings is 1. The SMILES string of the molecule is O=C(NCCCN1CCOCC1)c1ccc(F)c(Br)c1. The van der Waals surface area contributed by atoms with Gasteiger partial charge >= 0.3 is 0 Å². The van der Waals surface area contributed by atoms with E-state index in [0.29, 0.717) is 16.6 Å². The Kier molecular flexibility index (Phi) is 5.94. The molecule has 110 valence electrons. The van der Waals surface area contributed by atoms with E-state index in [4.69, 9.17) is 4.74 Å². The van der Waals surface area contributed by atoms with E-state index in [-0.39, 0.29) is 11.7 Å². The normalized spacial score (nSPS) is 16.1. The molecule has 0 aromatic heterocycles. The van der Waals surface area contributed by atoms with Gasteiger partial charge in [-0.2, -0.15) is 0 Å². The van der Waals surface area contributed by atoms with Gasteiger partial charge in [0.2, 0.25) is 0 Å². The second-order valence-electron chi connectivity index (χ2n) is 4.69. The largest absolute Gasteiger partial charge is 0.379 e. The van der Waals surface area contributed by atoms with E-state index >= 15 is 0 Å². The van der Waals surface area contributed by atoms with Crippen molar-refractivity contribution in [2.24, 2.45) is 0 Å². The Balaban J connectivity index is 1.70. The summed E-state index contributed by atoms with van der Waals surface area (Å²) in [5.41, 5.74) is 0.463. The molecule has 1 amide bonds. The molecule has 0 bridgehead atoms. The van der Waals surface area contributed by atoms with Crippen molar-refractivity contribution in [2.75, 3.05) is 39.4 Å². The van der Waals surface area contributed by atoms with E-state index in [0.717, 1.165) is 39.3 Å². The topological polar surface area (TPSA) is 41.6 Å². The zero-order chi connectivity index (χ0) is 14.4. The van der Waals surface area contributed by atoms with Crippen molar-refractivity contribution in [1.29, 1.82) is 0 Å². The molecule has 0 radical (unpaired) electrons. The summed E-state index contributed by atoms with van der Waals surface area (Å²) in [7, 11) is 0. The smallest absolute Gasteiger partial charge is 0.251 e. The van der Waals surface area contributed by atoms with Gasteiger partial charge in [-0.05, 0) is 47.1 Å². The zero-order valence-corrected chi connectivity index (χ0v) is 12.8. The third kappa shape index (κ3) is 4.54. The lowest BCUT2D eigenvalue weighted by Gasteiger charge is -2.26. The molecule has 20 heavy (non-hydrogen) atoms. The fourth-order valence-electron chi connectivity index (χ4n) is 2.07. The first-order valence-electron chi connectivity index (χ1n) is 6.70. The highest BCUT2D eigenvalue weighted by atomic mass is 79.9. The highest BCUT2D eigenvalue weighted by Crippen LogP contribution is 2.16. The number of hydrogen-bond acceptors (Lipinski definition) is 3. The Morgan fingerprint density at radius 1 is 1.40 bits per heavy atom. The molecule has 0 atom stereocenters. The molecule has 0 spiro atoms. The van der Waals surface area contributed by atoms with Crippen molar-refractivity contribution in [3.05, 3.63) is 34.1 Å². The lowest BCUT2D eigenvalue weighted by molar-refractivity contribution is 0.0374. The quantitative estimate of drug-likeness (QED) is 0.831. The maximum absolute atomic E-state index is 13.1. The number of ether oxygens (including phenoxy) is 1. The number of carbonyl (C=O) groups excluding carboxylic acids is 1. The number of rotatable bonds is 5. The van der Waals surface area contributed by atoms with Gasteiger partial charge in [-0.15, -0.1) is 0 Å². The molecule has 0 unspecified atom stereocenters. The predicted octanol–water partition coefficient (Wildman–Crippen LogP) is 2.04. The average Bonchev–Trinajstić information content (AvgIpc) is 2.47. The average molecular weight is 345 g/mol. The van der Waals surface area contributed by atoms with Crippen molar-refractivity contribution in [3.8, 4) is 0 Å². The molecular formula is C14H18BrFN2O2. The van der Waals surface area contributed by atoms with Crippen LogP contribution in [0.5, 0.6) is 0 Å². The van der Waals surface area contributed by atoms with Crippen LogP contribution in [0.4, 0.5) is 4.39 Å². The monoisotopic (exact) mass is 344 g/mol. The molecule has 1 heterocycles. The zero-order valence-electron chi connectivity index (χ0n) is 11.2. The van der Waals surface area contributed by atoms with Crippen LogP contribution in [0.15, 0.2) is 22.7 Å². The van der Waals surface area contributed by atoms with Gasteiger partial charge < -0.3 is 10.1 Å². The molecule has 1 fully saturated rings. The molecule has 1 aromatic carbocycles. The number of carbonyl (C=O) groups is 1. The number of nitrogens with zero attached hydrogens (tertiary/aromatic N) is 1. The van der Waals surface area contributed by atoms with Crippen molar-refractivity contribution in [3.63, 3.8) is 0 Å². The van der Waals surface area contributed by atoms with Crippen LogP contribution < -0.4 is 5.32 Å². The van der Waals surface area contributed by atoms with E-state index < -0.39 is 0 Å². The minimum atomic E-state index is -0.367. The first-order valence-corrected chi connectivity index (χ1v) is 7.49. The van der Waals surface area contributed by atoms with Crippen LogP contribution in [0.25, 0.3) is 0 Å². The Morgan fingerprint density at radius 2 is 2.15 bits per heavy atom. The molecular weight excluding hydrogens is 327 g/mol. The highest BCUT2D eigenvalue weighted by molar-refractivity contribution is 9.10. The maximum Gasteiger partial charge on any atom is 0.251 e. The third-order valence-electron chi connectivity index (χ3n) is 3.22. The lowest BCUT2D eigenvalue weighted by Crippen LogP contribution is -2.38. The van der Waals surface area contributed by atoms with Crippen LogP contribution in [-0.2, 0) is 4.74 Å². The van der Waals surface area contributed by atoms with E-state index in [2.05, 4.69) is 26.1 Å². The van der Waals surface area contributed by atoms with Gasteiger partial charge in [-0.1, -0.05) is 0 Å². The van der Waals surface area contributed by atoms with Crippen LogP contribution in [0, 0.1) is 5.82 Å². The van der Waals surface area contributed by atoms with Gasteiger partial charge in [0.15, 0.2) is 0 Å². The van der Waals surface area contributed by atoms with Crippen molar-refractivity contribution >= 4 is 21.8 Å². The summed E-state index contributed by atoms with van der Waals surface area (Å²) in [6, 6.07) is 4.26. The lowest BCUT2D eigenvalue weighted by atomic mass is 10.2. The van der Waals surface area contributed by atoms with Gasteiger partial charge in [-0.25, -0.2) is 4.39 Å². The summed E-state index contributed by atoms with van der Waals surface area (Å²) in [6.07, 6.45) is 0.897. The van der Waals surface area contributed by atoms with Crippen LogP contribution in [0.1, 0.15) is 16.8 Å². The fraction of sp³-hybridized carbons (Fsp3) is 0.500. The second-order valence-corrected chi connectivity index (χ2v) is 5.55. The fourth-order valence-corrected chi connectivity index (χ4v) is 2.45. The summed E-state index contributed by atoms with van der Waals surface area (Å²) < 4.78 is 18.7. The van der Waals surface area contributed by atoms with Gasteiger partial charge in [0, 0.05) is 25.2 Å². The number of halogens is 2. The molecule has 0 saturated carbocycles. The van der Waals surface area contributed by atoms with E-state index in [1.807, 2.05) is 0 Å². The summed E-state index contributed by atoms with van der Waals surface area (Å²) in [4.78, 5) is 14.2. The maximum atomic E-state index is 13.1. The number of amides is 1. The predicted molar refractivity (Wildman–Crippen MR) is 78.3 cm³/mol. The molecule has 0 aliphatic carbocycles. The van der Waals surface area contributed by atoms with Crippen molar-refractivity contribution in [2.45, 2.75) is 6.42 Å². The number of benzene rings is 1. The van der Waals surface area contributed by atoms with Gasteiger partial charge in [0.25, 0.3) is 5.91 Å². The molecule has 1 saturated heterocycles. The second kappa shape index (κ2) is 7.71. The van der Waals surface area contributed by atoms with Crippen LogP contribution in [-0.4, -0.2) is 50.2 Å². The van der Waals surface area contributed by atoms with Gasteiger partial charge in [0.05, 0.1) is 17.7 Å². The molecule has 1 aliphatic rings. The summed E-state index contributed by atoms with van der Waals surface area (Å²) in [6.45, 7) is 5.06. The Bertz CT molecular complexity index is 464. The highest BCUT2D eigenvalue weighted by Gasteiger charge is 2.10. The molecule has 1 aromatic rings. The van der Waals surface area contributed by atoms with E-state index in [1.54, 1.807) is 0 Å². The summed E-state index contributed by atoms with van der Waals surface area (Å²) in [5.74, 6) is -0.540. The summed E-state index contributed by atoms with van der Waals surface area (Å²) in [5, 5.41) is 2.85. The van der Waals surface area contributed by atoms with Gasteiger partial charge in [0.1, 0.15) is 5.82 Å². The Morgan fingerprint density at radius 3 is 2.85 bits per heavy atom. The van der Waals surface area contributed by atoms with E-state index in [1.165, 1.54) is 18.2 Å². The number of hydrogen-bond donors (Lipinski definition) is 1. The van der Waals surface area contributed by atoms with Gasteiger partial charge in [-0.3, -0.25) is 9.69 Å². The third-order valence-corrected chi connectivity index (χ3v) is 3.83. The van der Waals surface area contributed by atoms with E-state index in [9.17, 15) is 9.18 Å². The Labute approximate surface area is 126 Å². The molecule has 4 nitrogen and oxygen atoms in total. The van der Waals surface area contributed by atoms with Crippen LogP contribution >= 0.6 is 15.9 Å². The minimum absolute atomic E-state index is 0.173. The number of nitrogens with one attached hydrogen (secondary N) is 1. The molecule has 2 rings (SSSR count). The van der Waals surface area contributed by atoms with Crippen molar-refractivity contribution < 1.29 is 13.9 Å². The first kappa shape index (κ1) is 15.4. The minimum Gasteiger partial charge on any atom is -0.379 e. The van der Waals surface area contributed by atoms with Crippen molar-refractivity contribution in [1.82, 2.24) is 10.2 Å². The van der Waals surface area contributed by atoms with Crippen LogP contribution in [0.2, 0.25) is 0 Å². The molecule has 1 N–H and O–H groups in total. The first-order chi connectivity index (χ1) is 9.66. The Hall–Kier alpha value is -0.980.